The molecule has 0 radical (unpaired) electrons. The van der Waals surface area contributed by atoms with E-state index in [0.717, 1.165) is 5.75 Å². The smallest absolute Gasteiger partial charge is 0.265 e. The van der Waals surface area contributed by atoms with Gasteiger partial charge in [-0.2, -0.15) is 0 Å². The number of para-hydroxylation sites is 2. The van der Waals surface area contributed by atoms with Crippen molar-refractivity contribution < 1.29 is 19.0 Å². The molecule has 0 aliphatic rings. The van der Waals surface area contributed by atoms with Gasteiger partial charge >= 0.3 is 0 Å². The molecule has 2 aromatic carbocycles. The van der Waals surface area contributed by atoms with Gasteiger partial charge in [0.25, 0.3) is 5.91 Å². The van der Waals surface area contributed by atoms with Crippen LogP contribution in [0.15, 0.2) is 48.5 Å². The van der Waals surface area contributed by atoms with E-state index in [1.165, 1.54) is 0 Å². The Bertz CT molecular complexity index is 655. The van der Waals surface area contributed by atoms with E-state index < -0.39 is 6.10 Å². The van der Waals surface area contributed by atoms with Crippen LogP contribution >= 0.6 is 0 Å². The van der Waals surface area contributed by atoms with Crippen LogP contribution in [-0.2, 0) is 4.79 Å². The monoisotopic (exact) mass is 329 g/mol. The van der Waals surface area contributed by atoms with Crippen LogP contribution in [-0.4, -0.2) is 25.7 Å². The number of carbonyl (C=O) groups is 1. The average Bonchev–Trinajstić information content (AvgIpc) is 2.61. The maximum atomic E-state index is 12.5. The number of nitrogens with one attached hydrogen (secondary N) is 1. The van der Waals surface area contributed by atoms with Crippen molar-refractivity contribution in [1.82, 2.24) is 0 Å². The first-order chi connectivity index (χ1) is 11.7. The summed E-state index contributed by atoms with van der Waals surface area (Å²) >= 11 is 0. The SMILES string of the molecule is CCOc1ccc(NC(=O)[C@@H](CC)Oc2ccccc2OC)cc1. The van der Waals surface area contributed by atoms with Gasteiger partial charge in [0.1, 0.15) is 5.75 Å². The molecule has 24 heavy (non-hydrogen) atoms. The van der Waals surface area contributed by atoms with E-state index in [4.69, 9.17) is 14.2 Å². The Morgan fingerprint density at radius 3 is 2.29 bits per heavy atom. The van der Waals surface area contributed by atoms with Crippen LogP contribution in [0.4, 0.5) is 5.69 Å². The third-order valence-corrected chi connectivity index (χ3v) is 3.43. The van der Waals surface area contributed by atoms with Crippen molar-refractivity contribution in [3.8, 4) is 17.2 Å². The molecule has 0 saturated heterocycles. The van der Waals surface area contributed by atoms with Gasteiger partial charge in [-0.25, -0.2) is 0 Å². The van der Waals surface area contributed by atoms with Crippen LogP contribution in [0.25, 0.3) is 0 Å². The molecule has 2 rings (SSSR count). The lowest BCUT2D eigenvalue weighted by Crippen LogP contribution is -2.32. The Balaban J connectivity index is 2.03. The van der Waals surface area contributed by atoms with Crippen molar-refractivity contribution in [3.05, 3.63) is 48.5 Å². The van der Waals surface area contributed by atoms with E-state index in [-0.39, 0.29) is 5.91 Å². The molecular formula is C19H23NO4. The van der Waals surface area contributed by atoms with Crippen molar-refractivity contribution >= 4 is 11.6 Å². The van der Waals surface area contributed by atoms with Crippen LogP contribution in [0.3, 0.4) is 0 Å². The van der Waals surface area contributed by atoms with Gasteiger partial charge in [-0.3, -0.25) is 4.79 Å². The second kappa shape index (κ2) is 8.82. The number of amides is 1. The standard InChI is InChI=1S/C19H23NO4/c1-4-16(24-18-9-7-6-8-17(18)22-3)19(21)20-14-10-12-15(13-11-14)23-5-2/h6-13,16H,4-5H2,1-3H3,(H,20,21)/t16-/m1/s1. The zero-order valence-corrected chi connectivity index (χ0v) is 14.2. The molecular weight excluding hydrogens is 306 g/mol. The molecule has 0 unspecified atom stereocenters. The molecule has 1 amide bonds. The number of ether oxygens (including phenoxy) is 3. The third-order valence-electron chi connectivity index (χ3n) is 3.43. The van der Waals surface area contributed by atoms with Crippen molar-refractivity contribution in [2.24, 2.45) is 0 Å². The Kier molecular flexibility index (Phi) is 6.49. The van der Waals surface area contributed by atoms with Gasteiger partial charge in [0.15, 0.2) is 17.6 Å². The highest BCUT2D eigenvalue weighted by molar-refractivity contribution is 5.94. The second-order valence-electron chi connectivity index (χ2n) is 5.11. The average molecular weight is 329 g/mol. The highest BCUT2D eigenvalue weighted by Gasteiger charge is 2.20. The summed E-state index contributed by atoms with van der Waals surface area (Å²) in [5.41, 5.74) is 0.700. The molecule has 5 heteroatoms. The van der Waals surface area contributed by atoms with Gasteiger partial charge < -0.3 is 19.5 Å². The molecule has 0 aliphatic carbocycles. The number of anilines is 1. The molecule has 0 spiro atoms. The molecule has 128 valence electrons. The Morgan fingerprint density at radius 1 is 1.04 bits per heavy atom. The van der Waals surface area contributed by atoms with Crippen molar-refractivity contribution in [2.75, 3.05) is 19.0 Å². The first-order valence-electron chi connectivity index (χ1n) is 8.01. The van der Waals surface area contributed by atoms with Crippen molar-refractivity contribution in [1.29, 1.82) is 0 Å². The molecule has 1 atom stereocenters. The predicted octanol–water partition coefficient (Wildman–Crippen LogP) is 3.89. The Hall–Kier alpha value is -2.69. The molecule has 2 aromatic rings. The van der Waals surface area contributed by atoms with Gasteiger partial charge in [0.05, 0.1) is 13.7 Å². The lowest BCUT2D eigenvalue weighted by atomic mass is 10.2. The number of benzene rings is 2. The molecule has 0 aliphatic heterocycles. The van der Waals surface area contributed by atoms with Crippen molar-refractivity contribution in [3.63, 3.8) is 0 Å². The van der Waals surface area contributed by atoms with Crippen LogP contribution < -0.4 is 19.5 Å². The van der Waals surface area contributed by atoms with Crippen LogP contribution in [0, 0.1) is 0 Å². The highest BCUT2D eigenvalue weighted by Crippen LogP contribution is 2.27. The summed E-state index contributed by atoms with van der Waals surface area (Å²) in [6.07, 6.45) is -0.0613. The summed E-state index contributed by atoms with van der Waals surface area (Å²) in [5.74, 6) is 1.72. The van der Waals surface area contributed by atoms with Gasteiger partial charge in [0, 0.05) is 5.69 Å². The fourth-order valence-corrected chi connectivity index (χ4v) is 2.22. The third kappa shape index (κ3) is 4.65. The number of hydrogen-bond acceptors (Lipinski definition) is 4. The fourth-order valence-electron chi connectivity index (χ4n) is 2.22. The highest BCUT2D eigenvalue weighted by atomic mass is 16.5. The number of rotatable bonds is 8. The fraction of sp³-hybridized carbons (Fsp3) is 0.316. The Morgan fingerprint density at radius 2 is 1.71 bits per heavy atom. The maximum Gasteiger partial charge on any atom is 0.265 e. The van der Waals surface area contributed by atoms with Gasteiger partial charge in [-0.05, 0) is 49.7 Å². The minimum Gasteiger partial charge on any atom is -0.494 e. The Labute approximate surface area is 142 Å². The van der Waals surface area contributed by atoms with Crippen LogP contribution in [0.2, 0.25) is 0 Å². The predicted molar refractivity (Wildman–Crippen MR) is 93.9 cm³/mol. The normalized spacial score (nSPS) is 11.5. The van der Waals surface area contributed by atoms with Crippen LogP contribution in [0.5, 0.6) is 17.2 Å². The molecule has 0 aromatic heterocycles. The number of carbonyl (C=O) groups excluding carboxylic acids is 1. The van der Waals surface area contributed by atoms with Crippen LogP contribution in [0.1, 0.15) is 20.3 Å². The van der Waals surface area contributed by atoms with E-state index in [1.54, 1.807) is 31.4 Å². The van der Waals surface area contributed by atoms with Crippen molar-refractivity contribution in [2.45, 2.75) is 26.4 Å². The zero-order valence-electron chi connectivity index (χ0n) is 14.2. The maximum absolute atomic E-state index is 12.5. The number of hydrogen-bond donors (Lipinski definition) is 1. The molecule has 5 nitrogen and oxygen atoms in total. The van der Waals surface area contributed by atoms with E-state index in [2.05, 4.69) is 5.32 Å². The topological polar surface area (TPSA) is 56.8 Å². The summed E-state index contributed by atoms with van der Waals surface area (Å²) < 4.78 is 16.5. The summed E-state index contributed by atoms with van der Waals surface area (Å²) in [4.78, 5) is 12.5. The minimum atomic E-state index is -0.604. The first-order valence-corrected chi connectivity index (χ1v) is 8.01. The van der Waals surface area contributed by atoms with E-state index in [1.807, 2.05) is 38.1 Å². The molecule has 0 heterocycles. The summed E-state index contributed by atoms with van der Waals surface area (Å²) in [7, 11) is 1.57. The molecule has 0 saturated carbocycles. The first kappa shape index (κ1) is 17.7. The lowest BCUT2D eigenvalue weighted by molar-refractivity contribution is -0.122. The minimum absolute atomic E-state index is 0.201. The summed E-state index contributed by atoms with van der Waals surface area (Å²) in [6.45, 7) is 4.44. The summed E-state index contributed by atoms with van der Waals surface area (Å²) in [6, 6.07) is 14.5. The number of methoxy groups -OCH3 is 1. The van der Waals surface area contributed by atoms with Gasteiger partial charge in [-0.15, -0.1) is 0 Å². The lowest BCUT2D eigenvalue weighted by Gasteiger charge is -2.19. The van der Waals surface area contributed by atoms with E-state index >= 15 is 0 Å². The quantitative estimate of drug-likeness (QED) is 0.798. The zero-order chi connectivity index (χ0) is 17.4. The summed E-state index contributed by atoms with van der Waals surface area (Å²) in [5, 5.41) is 2.86. The molecule has 0 bridgehead atoms. The largest absolute Gasteiger partial charge is 0.494 e. The van der Waals surface area contributed by atoms with E-state index in [0.29, 0.717) is 30.2 Å². The molecule has 0 fully saturated rings. The van der Waals surface area contributed by atoms with Gasteiger partial charge in [0.2, 0.25) is 0 Å². The molecule has 1 N–H and O–H groups in total. The van der Waals surface area contributed by atoms with Gasteiger partial charge in [-0.1, -0.05) is 19.1 Å². The van der Waals surface area contributed by atoms with E-state index in [9.17, 15) is 4.79 Å². The second-order valence-corrected chi connectivity index (χ2v) is 5.11.